The number of thiophene rings is 1. The molecule has 6 atom stereocenters. The first-order valence-electron chi connectivity index (χ1n) is 15.6. The van der Waals surface area contributed by atoms with Gasteiger partial charge in [0.25, 0.3) is 26.0 Å². The van der Waals surface area contributed by atoms with E-state index in [-0.39, 0.29) is 22.9 Å². The number of hydrogen-bond acceptors (Lipinski definition) is 18. The van der Waals surface area contributed by atoms with Gasteiger partial charge in [-0.1, -0.05) is 6.92 Å². The largest absolute Gasteiger partial charge is 0.451 e. The van der Waals surface area contributed by atoms with Gasteiger partial charge in [-0.05, 0) is 53.7 Å². The van der Waals surface area contributed by atoms with E-state index < -0.39 is 96.6 Å². The Hall–Kier alpha value is -3.70. The minimum Gasteiger partial charge on any atom is -0.451 e. The van der Waals surface area contributed by atoms with Gasteiger partial charge >= 0.3 is 29.8 Å². The van der Waals surface area contributed by atoms with Gasteiger partial charge in [-0.3, -0.25) is 9.59 Å². The Morgan fingerprint density at radius 1 is 0.863 bits per heavy atom. The molecule has 0 saturated heterocycles. The third kappa shape index (κ3) is 11.9. The van der Waals surface area contributed by atoms with E-state index in [1.54, 1.807) is 4.72 Å². The Balaban J connectivity index is 2.01. The second kappa shape index (κ2) is 18.7. The van der Waals surface area contributed by atoms with Gasteiger partial charge < -0.3 is 33.7 Å². The molecule has 0 unspecified atom stereocenters. The smallest absolute Gasteiger partial charge is 0.347 e. The maximum Gasteiger partial charge on any atom is 0.347 e. The number of amides is 1. The number of nitrogens with one attached hydrogen (secondary N) is 2. The molecule has 1 aromatic heterocycles. The monoisotopic (exact) mass is 785 g/mol. The first kappa shape index (κ1) is 43.5. The van der Waals surface area contributed by atoms with Gasteiger partial charge in [-0.25, -0.2) is 40.7 Å². The maximum atomic E-state index is 13.3. The van der Waals surface area contributed by atoms with E-state index in [0.717, 1.165) is 34.6 Å². The Morgan fingerprint density at radius 2 is 1.33 bits per heavy atom. The van der Waals surface area contributed by atoms with Crippen molar-refractivity contribution in [1.82, 2.24) is 14.3 Å². The summed E-state index contributed by atoms with van der Waals surface area (Å²) < 4.78 is 84.6. The van der Waals surface area contributed by atoms with Crippen molar-refractivity contribution in [3.8, 4) is 0 Å². The standard InChI is InChI=1S/C29H43N3O16S3/c1-9-30-22-14-32(11-10-12-43-8)51(41,42)29-21(22)13-23(49-29)50(39,40)31-24(34)15(2)45-26(36)17(4)47-28(38)19(6)48-27(37)18(5)46-25(35)16(3)44-20(7)33/h13,15-19,22,30H,9-12,14H2,1-8H3,(H,31,34)/t15-,16-,17-,18-,19-,22-/m0/s1. The van der Waals surface area contributed by atoms with Crippen molar-refractivity contribution < 1.29 is 74.0 Å². The summed E-state index contributed by atoms with van der Waals surface area (Å²) in [7, 11) is -7.21. The number of carbonyl (C=O) groups excluding carboxylic acids is 6. The number of sulfonamides is 2. The molecule has 2 heterocycles. The van der Waals surface area contributed by atoms with Crippen LogP contribution in [0.15, 0.2) is 14.5 Å². The quantitative estimate of drug-likeness (QED) is 0.112. The third-order valence-electron chi connectivity index (χ3n) is 6.96. The number of methoxy groups -OCH3 is 1. The van der Waals surface area contributed by atoms with Crippen LogP contribution in [0.3, 0.4) is 0 Å². The lowest BCUT2D eigenvalue weighted by molar-refractivity contribution is -0.185. The molecule has 1 amide bonds. The summed E-state index contributed by atoms with van der Waals surface area (Å²) in [6.45, 7) is 9.44. The number of ether oxygens (including phenoxy) is 6. The fraction of sp³-hybridized carbons (Fsp3) is 0.655. The van der Waals surface area contributed by atoms with Crippen LogP contribution < -0.4 is 10.0 Å². The maximum absolute atomic E-state index is 13.3. The number of likely N-dealkylation sites (N-methyl/N-ethyl adjacent to an activating group) is 1. The molecule has 1 aliphatic rings. The first-order valence-corrected chi connectivity index (χ1v) is 19.3. The van der Waals surface area contributed by atoms with Crippen LogP contribution in [0, 0.1) is 0 Å². The van der Waals surface area contributed by atoms with Gasteiger partial charge in [0.15, 0.2) is 30.5 Å². The molecule has 1 aromatic rings. The summed E-state index contributed by atoms with van der Waals surface area (Å²) in [5.41, 5.74) is 0.233. The van der Waals surface area contributed by atoms with E-state index in [1.165, 1.54) is 24.4 Å². The highest BCUT2D eigenvalue weighted by molar-refractivity contribution is 7.94. The molecule has 0 aliphatic carbocycles. The van der Waals surface area contributed by atoms with Crippen LogP contribution in [0.5, 0.6) is 0 Å². The van der Waals surface area contributed by atoms with E-state index in [9.17, 15) is 45.6 Å². The van der Waals surface area contributed by atoms with E-state index in [0.29, 0.717) is 30.9 Å². The zero-order valence-electron chi connectivity index (χ0n) is 29.3. The van der Waals surface area contributed by atoms with Crippen molar-refractivity contribution in [1.29, 1.82) is 0 Å². The highest BCUT2D eigenvalue weighted by atomic mass is 32.3. The second-order valence-electron chi connectivity index (χ2n) is 11.2. The summed E-state index contributed by atoms with van der Waals surface area (Å²) in [5, 5.41) is 3.14. The molecule has 1 aliphatic heterocycles. The summed E-state index contributed by atoms with van der Waals surface area (Å²) in [4.78, 5) is 72.9. The van der Waals surface area contributed by atoms with Gasteiger partial charge in [0.2, 0.25) is 0 Å². The predicted molar refractivity (Wildman–Crippen MR) is 175 cm³/mol. The number of rotatable bonds is 18. The molecule has 51 heavy (non-hydrogen) atoms. The lowest BCUT2D eigenvalue weighted by Gasteiger charge is -2.32. The topological polar surface area (TPSA) is 253 Å². The zero-order valence-corrected chi connectivity index (χ0v) is 31.7. The van der Waals surface area contributed by atoms with Crippen molar-refractivity contribution >= 4 is 67.1 Å². The molecule has 22 heteroatoms. The van der Waals surface area contributed by atoms with Gasteiger partial charge in [0.05, 0.1) is 0 Å². The molecule has 0 aromatic carbocycles. The molecular weight excluding hydrogens is 743 g/mol. The van der Waals surface area contributed by atoms with Crippen LogP contribution in [0.4, 0.5) is 0 Å². The molecule has 19 nitrogen and oxygen atoms in total. The fourth-order valence-corrected chi connectivity index (χ4v) is 9.25. The Bertz CT molecular complexity index is 1680. The highest BCUT2D eigenvalue weighted by Gasteiger charge is 2.40. The van der Waals surface area contributed by atoms with Gasteiger partial charge in [0.1, 0.15) is 8.42 Å². The van der Waals surface area contributed by atoms with Crippen molar-refractivity contribution in [3.63, 3.8) is 0 Å². The van der Waals surface area contributed by atoms with Gasteiger partial charge in [0, 0.05) is 45.3 Å². The molecule has 288 valence electrons. The average molecular weight is 786 g/mol. The number of fused-ring (bicyclic) bond motifs is 1. The molecule has 0 fully saturated rings. The van der Waals surface area contributed by atoms with Crippen LogP contribution in [-0.2, 0) is 77.2 Å². The van der Waals surface area contributed by atoms with Crippen molar-refractivity contribution in [2.75, 3.05) is 33.4 Å². The minimum atomic E-state index is -4.64. The van der Waals surface area contributed by atoms with Gasteiger partial charge in [-0.2, -0.15) is 4.31 Å². The third-order valence-corrected chi connectivity index (χ3v) is 12.3. The molecule has 0 saturated carbocycles. The first-order chi connectivity index (χ1) is 23.7. The molecule has 0 radical (unpaired) electrons. The van der Waals surface area contributed by atoms with Crippen molar-refractivity contribution in [2.45, 2.75) is 99.9 Å². The summed E-state index contributed by atoms with van der Waals surface area (Å²) in [5.74, 6) is -6.73. The predicted octanol–water partition coefficient (Wildman–Crippen LogP) is -0.0772. The summed E-state index contributed by atoms with van der Waals surface area (Å²) in [6, 6.07) is 0.652. The van der Waals surface area contributed by atoms with E-state index in [1.807, 2.05) is 6.92 Å². The van der Waals surface area contributed by atoms with E-state index >= 15 is 0 Å². The SMILES string of the molecule is CCN[C@H]1CN(CCCOC)S(=O)(=O)c2sc(S(=O)(=O)NC(=O)[C@H](C)OC(=O)[C@H](C)OC(=O)[C@H](C)OC(=O)[C@H](C)OC(=O)[C@H](C)OC(C)=O)cc21. The fourth-order valence-electron chi connectivity index (χ4n) is 4.32. The Kier molecular flexibility index (Phi) is 15.9. The van der Waals surface area contributed by atoms with Crippen LogP contribution >= 0.6 is 11.3 Å². The second-order valence-corrected chi connectivity index (χ2v) is 16.3. The van der Waals surface area contributed by atoms with Crippen molar-refractivity contribution in [2.24, 2.45) is 0 Å². The molecular formula is C29H43N3O16S3. The van der Waals surface area contributed by atoms with Crippen LogP contribution in [0.1, 0.15) is 66.5 Å². The highest BCUT2D eigenvalue weighted by Crippen LogP contribution is 2.40. The summed E-state index contributed by atoms with van der Waals surface area (Å²) in [6.07, 6.45) is -7.39. The van der Waals surface area contributed by atoms with Crippen molar-refractivity contribution in [3.05, 3.63) is 11.6 Å². The number of esters is 5. The normalized spacial score (nSPS) is 18.5. The van der Waals surface area contributed by atoms with E-state index in [4.69, 9.17) is 23.7 Å². The lowest BCUT2D eigenvalue weighted by atomic mass is 10.1. The molecule has 0 bridgehead atoms. The minimum absolute atomic E-state index is 0.0549. The number of hydrogen-bond donors (Lipinski definition) is 2. The average Bonchev–Trinajstić information content (AvgIpc) is 3.51. The molecule has 2 rings (SSSR count). The van der Waals surface area contributed by atoms with Crippen LogP contribution in [0.25, 0.3) is 0 Å². The van der Waals surface area contributed by atoms with Crippen LogP contribution in [0.2, 0.25) is 0 Å². The molecule has 0 spiro atoms. The zero-order chi connectivity index (χ0) is 38.8. The van der Waals surface area contributed by atoms with Crippen LogP contribution in [-0.4, -0.2) is 121 Å². The summed E-state index contributed by atoms with van der Waals surface area (Å²) >= 11 is 0.468. The van der Waals surface area contributed by atoms with Gasteiger partial charge in [-0.15, -0.1) is 11.3 Å². The molecule has 2 N–H and O–H groups in total. The number of carbonyl (C=O) groups is 6. The Morgan fingerprint density at radius 3 is 1.78 bits per heavy atom. The lowest BCUT2D eigenvalue weighted by Crippen LogP contribution is -2.43. The number of nitrogens with zero attached hydrogens (tertiary/aromatic N) is 1. The Labute approximate surface area is 299 Å². The van der Waals surface area contributed by atoms with E-state index in [2.05, 4.69) is 10.1 Å².